The van der Waals surface area contributed by atoms with Crippen LogP contribution in [0.15, 0.2) is 111 Å². The van der Waals surface area contributed by atoms with Crippen LogP contribution in [0, 0.1) is 0 Å². The molecule has 0 nitrogen and oxygen atoms in total. The molecule has 0 radical (unpaired) electrons. The molecule has 162 valence electrons. The molecule has 0 unspecified atom stereocenters. The number of rotatable bonds is 6. The first-order chi connectivity index (χ1) is 16.7. The molecule has 0 heterocycles. The summed E-state index contributed by atoms with van der Waals surface area (Å²) >= 11 is 0. The van der Waals surface area contributed by atoms with Crippen LogP contribution < -0.4 is 0 Å². The van der Waals surface area contributed by atoms with E-state index in [1.165, 1.54) is 27.1 Å². The van der Waals surface area contributed by atoms with Crippen molar-refractivity contribution in [2.45, 2.75) is 0 Å². The highest BCUT2D eigenvalue weighted by molar-refractivity contribution is 6.14. The van der Waals surface area contributed by atoms with E-state index < -0.39 is 0 Å². The van der Waals surface area contributed by atoms with Gasteiger partial charge in [-0.05, 0) is 72.1 Å². The van der Waals surface area contributed by atoms with Crippen LogP contribution in [-0.2, 0) is 0 Å². The van der Waals surface area contributed by atoms with Gasteiger partial charge in [-0.15, -0.1) is 0 Å². The Labute approximate surface area is 201 Å². The third-order valence-electron chi connectivity index (χ3n) is 6.57. The quantitative estimate of drug-likeness (QED) is 0.249. The number of fused-ring (bicyclic) bond motifs is 2. The molecule has 0 aromatic heterocycles. The Hall–Kier alpha value is -4.42. The van der Waals surface area contributed by atoms with Crippen LogP contribution in [0.5, 0.6) is 0 Å². The van der Waals surface area contributed by atoms with Crippen molar-refractivity contribution in [1.82, 2.24) is 0 Å². The predicted molar refractivity (Wildman–Crippen MR) is 153 cm³/mol. The molecular weight excluding hydrogens is 408 g/mol. The zero-order chi connectivity index (χ0) is 23.7. The second-order valence-electron chi connectivity index (χ2n) is 8.28. The molecule has 5 rings (SSSR count). The van der Waals surface area contributed by atoms with Crippen molar-refractivity contribution in [1.29, 1.82) is 0 Å². The van der Waals surface area contributed by atoms with Gasteiger partial charge in [-0.25, -0.2) is 0 Å². The number of hydrogen-bond acceptors (Lipinski definition) is 0. The Kier molecular flexibility index (Phi) is 5.57. The van der Waals surface area contributed by atoms with Gasteiger partial charge >= 0.3 is 0 Å². The maximum atomic E-state index is 4.23. The molecule has 0 bridgehead atoms. The molecular formula is C34H26. The highest BCUT2D eigenvalue weighted by atomic mass is 14.2. The standard InChI is InChI=1S/C34H26/c1-5-25-26(6-2)32(22-24-18-12-13-19-29(24)25)34-28(8-4)27(7-3)33(23-16-10-9-11-17-23)30-20-14-15-21-31(30)34/h5-22H,1-4H2. The van der Waals surface area contributed by atoms with E-state index in [9.17, 15) is 0 Å². The van der Waals surface area contributed by atoms with Gasteiger partial charge in [-0.1, -0.05) is 129 Å². The van der Waals surface area contributed by atoms with E-state index in [1.54, 1.807) is 0 Å². The van der Waals surface area contributed by atoms with Gasteiger partial charge in [0.1, 0.15) is 0 Å². The zero-order valence-corrected chi connectivity index (χ0v) is 19.2. The molecule has 0 aliphatic heterocycles. The SMILES string of the molecule is C=Cc1c(-c2c(C=C)c(C=C)c(-c3ccccc3)c3ccccc23)cc2ccccc2c1C=C. The van der Waals surface area contributed by atoms with E-state index in [2.05, 4.69) is 105 Å². The highest BCUT2D eigenvalue weighted by Gasteiger charge is 2.21. The van der Waals surface area contributed by atoms with Crippen LogP contribution in [-0.4, -0.2) is 0 Å². The normalized spacial score (nSPS) is 10.8. The molecule has 0 fully saturated rings. The van der Waals surface area contributed by atoms with Crippen LogP contribution in [0.3, 0.4) is 0 Å². The van der Waals surface area contributed by atoms with Crippen LogP contribution in [0.1, 0.15) is 22.3 Å². The second kappa shape index (κ2) is 8.84. The second-order valence-corrected chi connectivity index (χ2v) is 8.28. The van der Waals surface area contributed by atoms with Crippen LogP contribution >= 0.6 is 0 Å². The summed E-state index contributed by atoms with van der Waals surface area (Å²) < 4.78 is 0. The Bertz CT molecular complexity index is 1600. The monoisotopic (exact) mass is 434 g/mol. The first-order valence-corrected chi connectivity index (χ1v) is 11.4. The minimum Gasteiger partial charge on any atom is -0.0984 e. The summed E-state index contributed by atoms with van der Waals surface area (Å²) in [6.07, 6.45) is 7.80. The smallest absolute Gasteiger partial charge is 0.00201 e. The Morgan fingerprint density at radius 3 is 1.56 bits per heavy atom. The van der Waals surface area contributed by atoms with E-state index >= 15 is 0 Å². The molecule has 0 spiro atoms. The number of hydrogen-bond donors (Lipinski definition) is 0. The van der Waals surface area contributed by atoms with Gasteiger partial charge in [0.2, 0.25) is 0 Å². The van der Waals surface area contributed by atoms with Crippen molar-refractivity contribution >= 4 is 45.8 Å². The van der Waals surface area contributed by atoms with E-state index in [4.69, 9.17) is 0 Å². The summed E-state index contributed by atoms with van der Waals surface area (Å²) in [5.41, 5.74) is 8.92. The molecule has 5 aromatic rings. The molecule has 0 saturated heterocycles. The largest absolute Gasteiger partial charge is 0.0984 e. The Morgan fingerprint density at radius 1 is 0.441 bits per heavy atom. The minimum atomic E-state index is 1.07. The molecule has 0 aliphatic carbocycles. The van der Waals surface area contributed by atoms with Crippen molar-refractivity contribution in [3.8, 4) is 22.3 Å². The summed E-state index contributed by atoms with van der Waals surface area (Å²) in [6.45, 7) is 16.8. The van der Waals surface area contributed by atoms with E-state index in [0.717, 1.165) is 38.9 Å². The summed E-state index contributed by atoms with van der Waals surface area (Å²) in [7, 11) is 0. The third kappa shape index (κ3) is 3.24. The first-order valence-electron chi connectivity index (χ1n) is 11.4. The topological polar surface area (TPSA) is 0 Å². The zero-order valence-electron chi connectivity index (χ0n) is 19.2. The summed E-state index contributed by atoms with van der Waals surface area (Å²) in [5, 5.41) is 4.71. The maximum Gasteiger partial charge on any atom is -0.00201 e. The van der Waals surface area contributed by atoms with E-state index in [1.807, 2.05) is 30.4 Å². The Balaban J connectivity index is 2.03. The lowest BCUT2D eigenvalue weighted by atomic mass is 9.81. The molecule has 0 heteroatoms. The fourth-order valence-corrected chi connectivity index (χ4v) is 5.15. The van der Waals surface area contributed by atoms with Gasteiger partial charge in [-0.2, -0.15) is 0 Å². The fraction of sp³-hybridized carbons (Fsp3) is 0. The van der Waals surface area contributed by atoms with E-state index in [0.29, 0.717) is 0 Å². The average Bonchev–Trinajstić information content (AvgIpc) is 2.90. The van der Waals surface area contributed by atoms with Crippen molar-refractivity contribution in [2.24, 2.45) is 0 Å². The van der Waals surface area contributed by atoms with Gasteiger partial charge in [0, 0.05) is 0 Å². The van der Waals surface area contributed by atoms with Crippen LogP contribution in [0.2, 0.25) is 0 Å². The molecule has 0 N–H and O–H groups in total. The lowest BCUT2D eigenvalue weighted by Crippen LogP contribution is -1.98. The molecule has 34 heavy (non-hydrogen) atoms. The van der Waals surface area contributed by atoms with Crippen molar-refractivity contribution < 1.29 is 0 Å². The third-order valence-corrected chi connectivity index (χ3v) is 6.57. The molecule has 0 amide bonds. The lowest BCUT2D eigenvalue weighted by Gasteiger charge is -2.22. The van der Waals surface area contributed by atoms with Crippen molar-refractivity contribution in [2.75, 3.05) is 0 Å². The summed E-state index contributed by atoms with van der Waals surface area (Å²) in [5.74, 6) is 0. The van der Waals surface area contributed by atoms with Gasteiger partial charge < -0.3 is 0 Å². The maximum absolute atomic E-state index is 4.23. The summed E-state index contributed by atoms with van der Waals surface area (Å²) in [4.78, 5) is 0. The first kappa shape index (κ1) is 21.4. The molecule has 0 atom stereocenters. The average molecular weight is 435 g/mol. The van der Waals surface area contributed by atoms with Crippen molar-refractivity contribution in [3.63, 3.8) is 0 Å². The van der Waals surface area contributed by atoms with Gasteiger partial charge in [0.15, 0.2) is 0 Å². The van der Waals surface area contributed by atoms with Crippen LogP contribution in [0.25, 0.3) is 68.1 Å². The Morgan fingerprint density at radius 2 is 0.941 bits per heavy atom. The van der Waals surface area contributed by atoms with Gasteiger partial charge in [0.05, 0.1) is 0 Å². The van der Waals surface area contributed by atoms with Gasteiger partial charge in [-0.3, -0.25) is 0 Å². The fourth-order valence-electron chi connectivity index (χ4n) is 5.15. The van der Waals surface area contributed by atoms with E-state index in [-0.39, 0.29) is 0 Å². The minimum absolute atomic E-state index is 1.07. The van der Waals surface area contributed by atoms with Crippen molar-refractivity contribution in [3.05, 3.63) is 133 Å². The molecule has 0 aliphatic rings. The number of benzene rings is 5. The molecule has 0 saturated carbocycles. The van der Waals surface area contributed by atoms with Gasteiger partial charge in [0.25, 0.3) is 0 Å². The predicted octanol–water partition coefficient (Wildman–Crippen LogP) is 9.90. The lowest BCUT2D eigenvalue weighted by molar-refractivity contribution is 1.57. The highest BCUT2D eigenvalue weighted by Crippen LogP contribution is 2.45. The molecule has 5 aromatic carbocycles. The summed E-state index contributed by atoms with van der Waals surface area (Å²) in [6, 6.07) is 29.8. The van der Waals surface area contributed by atoms with Crippen LogP contribution in [0.4, 0.5) is 0 Å².